The van der Waals surface area contributed by atoms with Gasteiger partial charge in [0.1, 0.15) is 5.60 Å². The van der Waals surface area contributed by atoms with Crippen molar-refractivity contribution in [2.24, 2.45) is 0 Å². The largest absolute Gasteiger partial charge is 0.465 e. The highest BCUT2D eigenvalue weighted by molar-refractivity contribution is 8.01. The molecule has 0 saturated heterocycles. The normalized spacial score (nSPS) is 11.2. The van der Waals surface area contributed by atoms with E-state index in [0.29, 0.717) is 4.34 Å². The lowest BCUT2D eigenvalue weighted by molar-refractivity contribution is -0.151. The summed E-state index contributed by atoms with van der Waals surface area (Å²) in [4.78, 5) is 27.1. The smallest absolute Gasteiger partial charge is 0.351 e. The topological polar surface area (TPSA) is 65.5 Å². The second-order valence-electron chi connectivity index (χ2n) is 4.47. The zero-order chi connectivity index (χ0) is 14.6. The number of halogens is 1. The summed E-state index contributed by atoms with van der Waals surface area (Å²) in [7, 11) is 1.27. The summed E-state index contributed by atoms with van der Waals surface area (Å²) in [6.45, 7) is 5.39. The number of nitrogens with zero attached hydrogens (tertiary/aromatic N) is 1. The molecule has 0 radical (unpaired) electrons. The summed E-state index contributed by atoms with van der Waals surface area (Å²) in [5.74, 6) is -0.767. The summed E-state index contributed by atoms with van der Waals surface area (Å²) in [5, 5.41) is 0.0866. The minimum Gasteiger partial charge on any atom is -0.465 e. The Morgan fingerprint density at radius 3 is 2.58 bits per heavy atom. The van der Waals surface area contributed by atoms with E-state index in [2.05, 4.69) is 9.72 Å². The van der Waals surface area contributed by atoms with Crippen molar-refractivity contribution in [3.63, 3.8) is 0 Å². The highest BCUT2D eigenvalue weighted by Gasteiger charge is 2.20. The van der Waals surface area contributed by atoms with E-state index < -0.39 is 11.6 Å². The molecule has 0 fully saturated rings. The Hall–Kier alpha value is -0.790. The van der Waals surface area contributed by atoms with Gasteiger partial charge < -0.3 is 9.47 Å². The van der Waals surface area contributed by atoms with Gasteiger partial charge in [0.2, 0.25) is 0 Å². The second-order valence-corrected chi connectivity index (χ2v) is 7.05. The molecule has 19 heavy (non-hydrogen) atoms. The molecule has 0 saturated carbocycles. The minimum absolute atomic E-state index is 0.0866. The molecule has 0 spiro atoms. The van der Waals surface area contributed by atoms with Crippen LogP contribution in [0.15, 0.2) is 4.34 Å². The van der Waals surface area contributed by atoms with Crippen LogP contribution in [-0.4, -0.2) is 35.4 Å². The van der Waals surface area contributed by atoms with E-state index in [1.54, 1.807) is 20.8 Å². The molecule has 1 aromatic rings. The number of hydrogen-bond donors (Lipinski definition) is 0. The predicted octanol–water partition coefficient (Wildman–Crippen LogP) is 3.02. The minimum atomic E-state index is -0.536. The van der Waals surface area contributed by atoms with E-state index >= 15 is 0 Å². The molecule has 0 aromatic carbocycles. The van der Waals surface area contributed by atoms with Crippen LogP contribution in [-0.2, 0) is 14.3 Å². The number of thioether (sulfide) groups is 1. The van der Waals surface area contributed by atoms with Gasteiger partial charge in [0, 0.05) is 0 Å². The van der Waals surface area contributed by atoms with E-state index in [9.17, 15) is 9.59 Å². The standard InChI is InChI=1S/C11H14ClNO4S2/c1-11(2,3)17-6(14)5-18-10-13-8(12)7(19-10)9(15)16-4/h5H2,1-4H3. The van der Waals surface area contributed by atoms with Crippen LogP contribution < -0.4 is 0 Å². The van der Waals surface area contributed by atoms with E-state index in [-0.39, 0.29) is 21.8 Å². The second kappa shape index (κ2) is 6.58. The Bertz CT molecular complexity index is 482. The average Bonchev–Trinajstić information content (AvgIpc) is 2.65. The molecule has 0 N–H and O–H groups in total. The van der Waals surface area contributed by atoms with Gasteiger partial charge in [-0.2, -0.15) is 0 Å². The first-order valence-corrected chi connectivity index (χ1v) is 7.50. The lowest BCUT2D eigenvalue weighted by atomic mass is 10.2. The molecular weight excluding hydrogens is 310 g/mol. The van der Waals surface area contributed by atoms with Crippen LogP contribution in [0.2, 0.25) is 5.15 Å². The molecule has 0 aliphatic heterocycles. The molecule has 8 heteroatoms. The van der Waals surface area contributed by atoms with Gasteiger partial charge >= 0.3 is 11.9 Å². The van der Waals surface area contributed by atoms with Gasteiger partial charge in [-0.15, -0.1) is 0 Å². The maximum Gasteiger partial charge on any atom is 0.351 e. The van der Waals surface area contributed by atoms with E-state index in [0.717, 1.165) is 11.3 Å². The molecule has 0 unspecified atom stereocenters. The molecule has 0 aliphatic carbocycles. The molecule has 0 amide bonds. The Labute approximate surface area is 124 Å². The first kappa shape index (κ1) is 16.3. The third-order valence-corrected chi connectivity index (χ3v) is 4.21. The summed E-state index contributed by atoms with van der Waals surface area (Å²) in [6, 6.07) is 0. The van der Waals surface area contributed by atoms with Crippen LogP contribution in [0.25, 0.3) is 0 Å². The van der Waals surface area contributed by atoms with E-state index in [1.807, 2.05) is 0 Å². The molecule has 106 valence electrons. The quantitative estimate of drug-likeness (QED) is 0.627. The Balaban J connectivity index is 2.60. The predicted molar refractivity (Wildman–Crippen MR) is 75.0 cm³/mol. The number of thiazole rings is 1. The first-order chi connectivity index (χ1) is 8.73. The fourth-order valence-electron chi connectivity index (χ4n) is 1.06. The maximum atomic E-state index is 11.5. The highest BCUT2D eigenvalue weighted by atomic mass is 35.5. The monoisotopic (exact) mass is 323 g/mol. The lowest BCUT2D eigenvalue weighted by Gasteiger charge is -2.18. The summed E-state index contributed by atoms with van der Waals surface area (Å²) < 4.78 is 10.2. The van der Waals surface area contributed by atoms with Crippen molar-refractivity contribution in [3.8, 4) is 0 Å². The number of rotatable bonds is 4. The molecule has 1 aromatic heterocycles. The number of carbonyl (C=O) groups excluding carboxylic acids is 2. The van der Waals surface area contributed by atoms with Crippen molar-refractivity contribution in [2.45, 2.75) is 30.7 Å². The SMILES string of the molecule is COC(=O)c1sc(SCC(=O)OC(C)(C)C)nc1Cl. The number of hydrogen-bond acceptors (Lipinski definition) is 7. The third kappa shape index (κ3) is 5.38. The van der Waals surface area contributed by atoms with Crippen LogP contribution in [0.4, 0.5) is 0 Å². The van der Waals surface area contributed by atoms with Gasteiger partial charge in [-0.3, -0.25) is 4.79 Å². The van der Waals surface area contributed by atoms with Crippen LogP contribution >= 0.6 is 34.7 Å². The number of methoxy groups -OCH3 is 1. The van der Waals surface area contributed by atoms with Gasteiger partial charge in [0.15, 0.2) is 14.4 Å². The van der Waals surface area contributed by atoms with Crippen LogP contribution in [0.1, 0.15) is 30.4 Å². The van der Waals surface area contributed by atoms with Crippen molar-refractivity contribution < 1.29 is 19.1 Å². The number of carbonyl (C=O) groups is 2. The van der Waals surface area contributed by atoms with Gasteiger partial charge in [0.05, 0.1) is 12.9 Å². The zero-order valence-electron chi connectivity index (χ0n) is 11.0. The van der Waals surface area contributed by atoms with Crippen LogP contribution in [0.5, 0.6) is 0 Å². The summed E-state index contributed by atoms with van der Waals surface area (Å²) in [5.41, 5.74) is -0.519. The van der Waals surface area contributed by atoms with Crippen LogP contribution in [0.3, 0.4) is 0 Å². The van der Waals surface area contributed by atoms with Crippen molar-refractivity contribution in [3.05, 3.63) is 10.0 Å². The number of ether oxygens (including phenoxy) is 2. The Kier molecular flexibility index (Phi) is 5.64. The number of esters is 2. The average molecular weight is 324 g/mol. The van der Waals surface area contributed by atoms with Gasteiger partial charge in [0.25, 0.3) is 0 Å². The van der Waals surface area contributed by atoms with E-state index in [4.69, 9.17) is 16.3 Å². The molecule has 0 bridgehead atoms. The summed E-state index contributed by atoms with van der Waals surface area (Å²) in [6.07, 6.45) is 0. The Morgan fingerprint density at radius 1 is 1.42 bits per heavy atom. The fraction of sp³-hybridized carbons (Fsp3) is 0.545. The molecule has 0 atom stereocenters. The molecule has 0 aliphatic rings. The van der Waals surface area contributed by atoms with Crippen molar-refractivity contribution in [2.75, 3.05) is 12.9 Å². The summed E-state index contributed by atoms with van der Waals surface area (Å²) >= 11 is 8.07. The number of aromatic nitrogens is 1. The molecule has 5 nitrogen and oxygen atoms in total. The lowest BCUT2D eigenvalue weighted by Crippen LogP contribution is -2.24. The third-order valence-electron chi connectivity index (χ3n) is 1.67. The Morgan fingerprint density at radius 2 is 2.05 bits per heavy atom. The molecule has 1 rings (SSSR count). The molecule has 1 heterocycles. The van der Waals surface area contributed by atoms with Crippen LogP contribution in [0, 0.1) is 0 Å². The van der Waals surface area contributed by atoms with E-state index in [1.165, 1.54) is 18.9 Å². The fourth-order valence-corrected chi connectivity index (χ4v) is 3.16. The zero-order valence-corrected chi connectivity index (χ0v) is 13.4. The van der Waals surface area contributed by atoms with Crippen molar-refractivity contribution >= 4 is 46.6 Å². The van der Waals surface area contributed by atoms with Crippen molar-refractivity contribution in [1.82, 2.24) is 4.98 Å². The van der Waals surface area contributed by atoms with Crippen molar-refractivity contribution in [1.29, 1.82) is 0 Å². The first-order valence-electron chi connectivity index (χ1n) is 5.32. The maximum absolute atomic E-state index is 11.5. The molecular formula is C11H14ClNO4S2. The van der Waals surface area contributed by atoms with Gasteiger partial charge in [-0.05, 0) is 20.8 Å². The van der Waals surface area contributed by atoms with Gasteiger partial charge in [-0.1, -0.05) is 34.7 Å². The highest BCUT2D eigenvalue weighted by Crippen LogP contribution is 2.31. The van der Waals surface area contributed by atoms with Gasteiger partial charge in [-0.25, -0.2) is 9.78 Å².